The van der Waals surface area contributed by atoms with Gasteiger partial charge < -0.3 is 4.42 Å². The molecular formula is C11H11N3O2S. The van der Waals surface area contributed by atoms with Crippen LogP contribution in [-0.4, -0.2) is 10.9 Å². The molecule has 17 heavy (non-hydrogen) atoms. The Morgan fingerprint density at radius 3 is 2.88 bits per heavy atom. The summed E-state index contributed by atoms with van der Waals surface area (Å²) in [5, 5.41) is 0. The van der Waals surface area contributed by atoms with Crippen LogP contribution in [0.25, 0.3) is 0 Å². The summed E-state index contributed by atoms with van der Waals surface area (Å²) in [5.41, 5.74) is 2.55. The standard InChI is InChI=1S/C11H11N3O2S/c12-14-11(15)9-3-6-16-10(9)7-17-8-1-4-13-5-2-8/h1-6H,7,12H2,(H,14,15). The first-order valence-electron chi connectivity index (χ1n) is 4.91. The molecule has 0 aliphatic rings. The number of carbonyl (C=O) groups is 1. The van der Waals surface area contributed by atoms with Gasteiger partial charge in [-0.25, -0.2) is 5.84 Å². The molecule has 6 heteroatoms. The highest BCUT2D eigenvalue weighted by molar-refractivity contribution is 7.98. The molecule has 0 aromatic carbocycles. The molecule has 0 radical (unpaired) electrons. The Balaban J connectivity index is 2.05. The third-order valence-corrected chi connectivity index (χ3v) is 3.15. The average molecular weight is 249 g/mol. The van der Waals surface area contributed by atoms with Gasteiger partial charge in [0.2, 0.25) is 0 Å². The van der Waals surface area contributed by atoms with Gasteiger partial charge in [-0.1, -0.05) is 0 Å². The van der Waals surface area contributed by atoms with Crippen molar-refractivity contribution in [2.24, 2.45) is 5.84 Å². The highest BCUT2D eigenvalue weighted by atomic mass is 32.2. The van der Waals surface area contributed by atoms with Crippen LogP contribution in [0, 0.1) is 0 Å². The van der Waals surface area contributed by atoms with Gasteiger partial charge in [0.15, 0.2) is 0 Å². The molecule has 1 amide bonds. The molecule has 3 N–H and O–H groups in total. The van der Waals surface area contributed by atoms with Crippen molar-refractivity contribution in [1.29, 1.82) is 0 Å². The molecule has 2 rings (SSSR count). The average Bonchev–Trinajstić information content (AvgIpc) is 2.85. The number of nitrogens with one attached hydrogen (secondary N) is 1. The van der Waals surface area contributed by atoms with E-state index in [-0.39, 0.29) is 5.91 Å². The number of furan rings is 1. The van der Waals surface area contributed by atoms with Gasteiger partial charge in [0, 0.05) is 17.3 Å². The molecule has 0 aliphatic carbocycles. The van der Waals surface area contributed by atoms with Gasteiger partial charge in [-0.3, -0.25) is 15.2 Å². The van der Waals surface area contributed by atoms with E-state index in [2.05, 4.69) is 10.4 Å². The van der Waals surface area contributed by atoms with Crippen molar-refractivity contribution >= 4 is 17.7 Å². The van der Waals surface area contributed by atoms with E-state index < -0.39 is 0 Å². The molecule has 0 aliphatic heterocycles. The maximum Gasteiger partial charge on any atom is 0.268 e. The summed E-state index contributed by atoms with van der Waals surface area (Å²) in [6.45, 7) is 0. The second-order valence-electron chi connectivity index (χ2n) is 3.20. The minimum atomic E-state index is -0.343. The van der Waals surface area contributed by atoms with Crippen molar-refractivity contribution in [2.75, 3.05) is 0 Å². The van der Waals surface area contributed by atoms with E-state index in [0.29, 0.717) is 17.1 Å². The maximum absolute atomic E-state index is 11.4. The second-order valence-corrected chi connectivity index (χ2v) is 4.25. The molecule has 2 heterocycles. The van der Waals surface area contributed by atoms with Crippen molar-refractivity contribution in [2.45, 2.75) is 10.6 Å². The lowest BCUT2D eigenvalue weighted by molar-refractivity contribution is 0.0952. The smallest absolute Gasteiger partial charge is 0.268 e. The third-order valence-electron chi connectivity index (χ3n) is 2.14. The van der Waals surface area contributed by atoms with Crippen molar-refractivity contribution in [3.8, 4) is 0 Å². The Bertz CT molecular complexity index is 498. The second kappa shape index (κ2) is 5.51. The van der Waals surface area contributed by atoms with E-state index in [0.717, 1.165) is 4.90 Å². The number of rotatable bonds is 4. The van der Waals surface area contributed by atoms with Gasteiger partial charge in [-0.2, -0.15) is 0 Å². The zero-order valence-electron chi connectivity index (χ0n) is 8.92. The summed E-state index contributed by atoms with van der Waals surface area (Å²) in [6, 6.07) is 5.40. The third kappa shape index (κ3) is 2.86. The Morgan fingerprint density at radius 1 is 1.41 bits per heavy atom. The van der Waals surface area contributed by atoms with Crippen LogP contribution in [0.1, 0.15) is 16.1 Å². The van der Waals surface area contributed by atoms with E-state index >= 15 is 0 Å². The molecular weight excluding hydrogens is 238 g/mol. The van der Waals surface area contributed by atoms with Crippen LogP contribution in [0.2, 0.25) is 0 Å². The van der Waals surface area contributed by atoms with Crippen molar-refractivity contribution in [1.82, 2.24) is 10.4 Å². The molecule has 2 aromatic heterocycles. The van der Waals surface area contributed by atoms with Gasteiger partial charge in [0.25, 0.3) is 5.91 Å². The number of thioether (sulfide) groups is 1. The normalized spacial score (nSPS) is 10.2. The lowest BCUT2D eigenvalue weighted by atomic mass is 10.2. The van der Waals surface area contributed by atoms with Crippen LogP contribution >= 0.6 is 11.8 Å². The van der Waals surface area contributed by atoms with Gasteiger partial charge in [0.1, 0.15) is 5.76 Å². The Morgan fingerprint density at radius 2 is 2.18 bits per heavy atom. The molecule has 2 aromatic rings. The molecule has 0 bridgehead atoms. The van der Waals surface area contributed by atoms with Gasteiger partial charge in [0.05, 0.1) is 17.6 Å². The molecule has 5 nitrogen and oxygen atoms in total. The molecule has 0 unspecified atom stereocenters. The Hall–Kier alpha value is -1.79. The number of aromatic nitrogens is 1. The molecule has 0 atom stereocenters. The van der Waals surface area contributed by atoms with Gasteiger partial charge >= 0.3 is 0 Å². The number of nitrogens with zero attached hydrogens (tertiary/aromatic N) is 1. The van der Waals surface area contributed by atoms with E-state index in [4.69, 9.17) is 10.3 Å². The largest absolute Gasteiger partial charge is 0.468 e. The number of amides is 1. The number of hydrogen-bond acceptors (Lipinski definition) is 5. The Labute approximate surface area is 102 Å². The monoisotopic (exact) mass is 249 g/mol. The summed E-state index contributed by atoms with van der Waals surface area (Å²) in [4.78, 5) is 16.4. The van der Waals surface area contributed by atoms with Gasteiger partial charge in [-0.05, 0) is 18.2 Å². The van der Waals surface area contributed by atoms with E-state index in [1.165, 1.54) is 6.26 Å². The number of carbonyl (C=O) groups excluding carboxylic acids is 1. The highest BCUT2D eigenvalue weighted by Crippen LogP contribution is 2.24. The van der Waals surface area contributed by atoms with Crippen LogP contribution < -0.4 is 11.3 Å². The molecule has 0 saturated carbocycles. The topological polar surface area (TPSA) is 81.1 Å². The summed E-state index contributed by atoms with van der Waals surface area (Å²) in [5.74, 6) is 5.92. The number of hydrogen-bond donors (Lipinski definition) is 2. The van der Waals surface area contributed by atoms with Crippen molar-refractivity contribution < 1.29 is 9.21 Å². The lowest BCUT2D eigenvalue weighted by Crippen LogP contribution is -2.30. The van der Waals surface area contributed by atoms with Crippen LogP contribution in [0.3, 0.4) is 0 Å². The van der Waals surface area contributed by atoms with Crippen LogP contribution in [0.4, 0.5) is 0 Å². The summed E-state index contributed by atoms with van der Waals surface area (Å²) < 4.78 is 5.26. The first-order valence-corrected chi connectivity index (χ1v) is 5.90. The highest BCUT2D eigenvalue weighted by Gasteiger charge is 2.13. The van der Waals surface area contributed by atoms with Crippen LogP contribution in [-0.2, 0) is 5.75 Å². The zero-order valence-corrected chi connectivity index (χ0v) is 9.74. The number of hydrazine groups is 1. The lowest BCUT2D eigenvalue weighted by Gasteiger charge is -2.01. The summed E-state index contributed by atoms with van der Waals surface area (Å²) in [7, 11) is 0. The molecule has 88 valence electrons. The first-order chi connectivity index (χ1) is 8.31. The predicted molar refractivity (Wildman–Crippen MR) is 64.2 cm³/mol. The number of nitrogens with two attached hydrogens (primary N) is 1. The minimum absolute atomic E-state index is 0.343. The molecule has 0 saturated heterocycles. The zero-order chi connectivity index (χ0) is 12.1. The minimum Gasteiger partial charge on any atom is -0.468 e. The fourth-order valence-corrected chi connectivity index (χ4v) is 2.15. The summed E-state index contributed by atoms with van der Waals surface area (Å²) in [6.07, 6.45) is 4.92. The SMILES string of the molecule is NNC(=O)c1ccoc1CSc1ccncc1. The first kappa shape index (κ1) is 11.7. The fourth-order valence-electron chi connectivity index (χ4n) is 1.32. The predicted octanol–water partition coefficient (Wildman–Crippen LogP) is 1.57. The number of nitrogen functional groups attached to an aromatic ring is 1. The molecule has 0 fully saturated rings. The maximum atomic E-state index is 11.4. The number of pyridine rings is 1. The van der Waals surface area contributed by atoms with Crippen molar-refractivity contribution in [3.63, 3.8) is 0 Å². The van der Waals surface area contributed by atoms with Gasteiger partial charge in [-0.15, -0.1) is 11.8 Å². The van der Waals surface area contributed by atoms with E-state index in [1.54, 1.807) is 30.2 Å². The van der Waals surface area contributed by atoms with Crippen LogP contribution in [0.5, 0.6) is 0 Å². The quantitative estimate of drug-likeness (QED) is 0.372. The van der Waals surface area contributed by atoms with E-state index in [9.17, 15) is 4.79 Å². The fraction of sp³-hybridized carbons (Fsp3) is 0.0909. The van der Waals surface area contributed by atoms with E-state index in [1.807, 2.05) is 12.1 Å². The molecule has 0 spiro atoms. The van der Waals surface area contributed by atoms with Crippen molar-refractivity contribution in [3.05, 3.63) is 48.2 Å². The van der Waals surface area contributed by atoms with Crippen LogP contribution in [0.15, 0.2) is 46.2 Å². The summed E-state index contributed by atoms with van der Waals surface area (Å²) >= 11 is 1.57. The Kier molecular flexibility index (Phi) is 3.79.